The average molecular weight is 199 g/mol. The first-order chi connectivity index (χ1) is 4.63. The second-order valence-corrected chi connectivity index (χ2v) is 7.81. The fourth-order valence-electron chi connectivity index (χ4n) is 1.13. The van der Waals surface area contributed by atoms with Crippen LogP contribution in [-0.4, -0.2) is 7.42 Å². The summed E-state index contributed by atoms with van der Waals surface area (Å²) in [6, 6.07) is 0. The van der Waals surface area contributed by atoms with Crippen LogP contribution in [0.2, 0.25) is 5.54 Å². The van der Waals surface area contributed by atoms with Crippen molar-refractivity contribution >= 4 is 29.6 Å². The Morgan fingerprint density at radius 2 is 1.70 bits per heavy atom. The third-order valence-electron chi connectivity index (χ3n) is 2.17. The van der Waals surface area contributed by atoms with Crippen LogP contribution >= 0.6 is 22.2 Å². The molecule has 2 atom stereocenters. The van der Waals surface area contributed by atoms with E-state index in [1.54, 1.807) is 0 Å². The van der Waals surface area contributed by atoms with E-state index in [-0.39, 0.29) is 0 Å². The van der Waals surface area contributed by atoms with Crippen molar-refractivity contribution in [1.82, 2.24) is 0 Å². The fraction of sp³-hybridized carbons (Fsp3) is 1.00. The molecule has 0 rings (SSSR count). The zero-order valence-corrected chi connectivity index (χ0v) is 9.57. The van der Waals surface area contributed by atoms with Crippen molar-refractivity contribution in [2.24, 2.45) is 5.92 Å². The summed E-state index contributed by atoms with van der Waals surface area (Å²) in [6.45, 7) is 6.60. The molecular weight excluding hydrogens is 183 g/mol. The largest absolute Gasteiger partial charge is 0.240 e. The quantitative estimate of drug-likeness (QED) is 0.480. The zero-order chi connectivity index (χ0) is 8.15. The van der Waals surface area contributed by atoms with Crippen LogP contribution < -0.4 is 0 Å². The number of rotatable bonds is 4. The Morgan fingerprint density at radius 1 is 1.20 bits per heavy atom. The van der Waals surface area contributed by atoms with E-state index in [2.05, 4.69) is 20.8 Å². The first-order valence-electron chi connectivity index (χ1n) is 3.91. The number of halogens is 2. The average Bonchev–Trinajstić information content (AvgIpc) is 1.88. The minimum Gasteiger partial charge on any atom is -0.150 e. The van der Waals surface area contributed by atoms with Gasteiger partial charge in [-0.2, -0.15) is 22.2 Å². The SMILES string of the molecule is CCC(C)C(CC)[SiH](Cl)Cl. The summed E-state index contributed by atoms with van der Waals surface area (Å²) in [5.74, 6) is 0.705. The van der Waals surface area contributed by atoms with Crippen LogP contribution in [0.3, 0.4) is 0 Å². The Morgan fingerprint density at radius 3 is 1.80 bits per heavy atom. The van der Waals surface area contributed by atoms with Gasteiger partial charge >= 0.3 is 0 Å². The molecule has 0 aliphatic rings. The van der Waals surface area contributed by atoms with E-state index >= 15 is 0 Å². The summed E-state index contributed by atoms with van der Waals surface area (Å²) >= 11 is 11.8. The molecule has 0 amide bonds. The highest BCUT2D eigenvalue weighted by atomic mass is 35.7. The van der Waals surface area contributed by atoms with Gasteiger partial charge in [0.05, 0.1) is 0 Å². The van der Waals surface area contributed by atoms with E-state index in [1.165, 1.54) is 6.42 Å². The van der Waals surface area contributed by atoms with Crippen molar-refractivity contribution in [1.29, 1.82) is 0 Å². The lowest BCUT2D eigenvalue weighted by atomic mass is 10.0. The van der Waals surface area contributed by atoms with Gasteiger partial charge in [-0.25, -0.2) is 0 Å². The van der Waals surface area contributed by atoms with Crippen molar-refractivity contribution in [2.75, 3.05) is 0 Å². The van der Waals surface area contributed by atoms with Crippen LogP contribution in [0.5, 0.6) is 0 Å². The molecule has 0 aliphatic carbocycles. The molecule has 0 heterocycles. The summed E-state index contributed by atoms with van der Waals surface area (Å²) in [7, 11) is -1.42. The number of hydrogen-bond acceptors (Lipinski definition) is 0. The van der Waals surface area contributed by atoms with Gasteiger partial charge in [0, 0.05) is 0 Å². The smallest absolute Gasteiger partial charge is 0.150 e. The molecule has 3 heteroatoms. The first-order valence-corrected chi connectivity index (χ1v) is 8.07. The highest BCUT2D eigenvalue weighted by molar-refractivity contribution is 7.34. The van der Waals surface area contributed by atoms with Crippen LogP contribution in [0.4, 0.5) is 0 Å². The Kier molecular flexibility index (Phi) is 5.88. The summed E-state index contributed by atoms with van der Waals surface area (Å²) in [5.41, 5.74) is 0.605. The van der Waals surface area contributed by atoms with Crippen LogP contribution in [0.1, 0.15) is 33.6 Å². The van der Waals surface area contributed by atoms with Gasteiger partial charge in [-0.05, 0) is 11.5 Å². The molecule has 0 aromatic carbocycles. The van der Waals surface area contributed by atoms with Gasteiger partial charge in [-0.1, -0.05) is 33.6 Å². The van der Waals surface area contributed by atoms with E-state index < -0.39 is 7.42 Å². The normalized spacial score (nSPS) is 17.4. The van der Waals surface area contributed by atoms with Gasteiger partial charge in [0.25, 0.3) is 0 Å². The third kappa shape index (κ3) is 3.27. The van der Waals surface area contributed by atoms with Crippen LogP contribution in [0, 0.1) is 5.92 Å². The predicted octanol–water partition coefficient (Wildman–Crippen LogP) is 3.51. The molecule has 0 saturated carbocycles. The third-order valence-corrected chi connectivity index (χ3v) is 5.89. The standard InChI is InChI=1S/C7H16Cl2Si/c1-4-6(3)7(5-2)10(8)9/h6-7,10H,4-5H2,1-3H3. The second-order valence-electron chi connectivity index (χ2n) is 2.79. The minimum absolute atomic E-state index is 0.605. The molecule has 0 N–H and O–H groups in total. The maximum Gasteiger partial charge on any atom is 0.240 e. The summed E-state index contributed by atoms with van der Waals surface area (Å²) in [5, 5.41) is 0. The van der Waals surface area contributed by atoms with E-state index in [1.807, 2.05) is 0 Å². The van der Waals surface area contributed by atoms with E-state index in [0.29, 0.717) is 11.5 Å². The first kappa shape index (κ1) is 10.8. The fourth-order valence-corrected chi connectivity index (χ4v) is 4.82. The molecular formula is C7H16Cl2Si. The van der Waals surface area contributed by atoms with Crippen LogP contribution in [-0.2, 0) is 0 Å². The molecule has 0 aliphatic heterocycles. The Balaban J connectivity index is 3.80. The van der Waals surface area contributed by atoms with E-state index in [9.17, 15) is 0 Å². The van der Waals surface area contributed by atoms with Crippen LogP contribution in [0.25, 0.3) is 0 Å². The molecule has 0 aromatic heterocycles. The second kappa shape index (κ2) is 5.45. The van der Waals surface area contributed by atoms with Gasteiger partial charge in [0.15, 0.2) is 0 Å². The summed E-state index contributed by atoms with van der Waals surface area (Å²) in [6.07, 6.45) is 2.33. The van der Waals surface area contributed by atoms with Gasteiger partial charge in [0.2, 0.25) is 7.42 Å². The zero-order valence-electron chi connectivity index (χ0n) is 6.90. The molecule has 0 radical (unpaired) electrons. The molecule has 0 fully saturated rings. The van der Waals surface area contributed by atoms with E-state index in [4.69, 9.17) is 22.2 Å². The molecule has 0 saturated heterocycles. The van der Waals surface area contributed by atoms with Crippen molar-refractivity contribution in [3.63, 3.8) is 0 Å². The van der Waals surface area contributed by atoms with Gasteiger partial charge in [-0.15, -0.1) is 0 Å². The lowest BCUT2D eigenvalue weighted by molar-refractivity contribution is 0.506. The summed E-state index contributed by atoms with van der Waals surface area (Å²) < 4.78 is 0. The summed E-state index contributed by atoms with van der Waals surface area (Å²) in [4.78, 5) is 0. The molecule has 0 nitrogen and oxygen atoms in total. The molecule has 62 valence electrons. The van der Waals surface area contributed by atoms with Gasteiger partial charge in [-0.3, -0.25) is 0 Å². The topological polar surface area (TPSA) is 0 Å². The Hall–Kier alpha value is 0.797. The molecule has 0 spiro atoms. The number of hydrogen-bond donors (Lipinski definition) is 0. The minimum atomic E-state index is -1.42. The van der Waals surface area contributed by atoms with Crippen molar-refractivity contribution in [2.45, 2.75) is 39.2 Å². The van der Waals surface area contributed by atoms with E-state index in [0.717, 1.165) is 6.42 Å². The predicted molar refractivity (Wildman–Crippen MR) is 52.4 cm³/mol. The van der Waals surface area contributed by atoms with Gasteiger partial charge < -0.3 is 0 Å². The molecule has 2 unspecified atom stereocenters. The lowest BCUT2D eigenvalue weighted by Gasteiger charge is -2.20. The monoisotopic (exact) mass is 198 g/mol. The van der Waals surface area contributed by atoms with Crippen molar-refractivity contribution < 1.29 is 0 Å². The van der Waals surface area contributed by atoms with Crippen molar-refractivity contribution in [3.05, 3.63) is 0 Å². The van der Waals surface area contributed by atoms with Gasteiger partial charge in [0.1, 0.15) is 0 Å². The molecule has 0 bridgehead atoms. The highest BCUT2D eigenvalue weighted by Gasteiger charge is 2.22. The van der Waals surface area contributed by atoms with Crippen molar-refractivity contribution in [3.8, 4) is 0 Å². The Bertz CT molecular complexity index is 85.7. The maximum atomic E-state index is 5.92. The Labute approximate surface area is 74.9 Å². The molecule has 10 heavy (non-hydrogen) atoms. The van der Waals surface area contributed by atoms with Crippen LogP contribution in [0.15, 0.2) is 0 Å². The lowest BCUT2D eigenvalue weighted by Crippen LogP contribution is -2.14. The maximum absolute atomic E-state index is 5.92. The highest BCUT2D eigenvalue weighted by Crippen LogP contribution is 2.31. The molecule has 0 aromatic rings.